The van der Waals surface area contributed by atoms with E-state index in [-0.39, 0.29) is 5.97 Å². The second-order valence-electron chi connectivity index (χ2n) is 2.53. The molecule has 14 heavy (non-hydrogen) atoms. The van der Waals surface area contributed by atoms with Gasteiger partial charge < -0.3 is 10.1 Å². The Hall–Kier alpha value is -1.42. The zero-order valence-corrected chi connectivity index (χ0v) is 8.64. The molecule has 0 saturated carbocycles. The van der Waals surface area contributed by atoms with E-state index in [9.17, 15) is 4.79 Å². The van der Waals surface area contributed by atoms with Gasteiger partial charge in [0.25, 0.3) is 0 Å². The molecule has 3 nitrogen and oxygen atoms in total. The first kappa shape index (κ1) is 10.7. The summed E-state index contributed by atoms with van der Waals surface area (Å²) in [5.41, 5.74) is 2.52. The SMILES string of the molecule is CCOC(=O)c1ccccc1NC=S. The van der Waals surface area contributed by atoms with Crippen molar-refractivity contribution in [2.75, 3.05) is 11.9 Å². The van der Waals surface area contributed by atoms with Crippen LogP contribution in [-0.4, -0.2) is 18.1 Å². The van der Waals surface area contributed by atoms with E-state index >= 15 is 0 Å². The molecule has 0 amide bonds. The topological polar surface area (TPSA) is 38.3 Å². The summed E-state index contributed by atoms with van der Waals surface area (Å²) in [6.07, 6.45) is 0. The van der Waals surface area contributed by atoms with Gasteiger partial charge in [0.1, 0.15) is 0 Å². The molecular weight excluding hydrogens is 198 g/mol. The Morgan fingerprint density at radius 2 is 2.29 bits per heavy atom. The highest BCUT2D eigenvalue weighted by atomic mass is 32.1. The minimum atomic E-state index is -0.340. The average Bonchev–Trinajstić information content (AvgIpc) is 2.19. The van der Waals surface area contributed by atoms with Gasteiger partial charge in [0.15, 0.2) is 0 Å². The van der Waals surface area contributed by atoms with Crippen molar-refractivity contribution in [3.8, 4) is 0 Å². The predicted octanol–water partition coefficient (Wildman–Crippen LogP) is 2.23. The van der Waals surface area contributed by atoms with E-state index in [2.05, 4.69) is 17.5 Å². The molecule has 0 aliphatic carbocycles. The van der Waals surface area contributed by atoms with Crippen molar-refractivity contribution >= 4 is 29.4 Å². The Morgan fingerprint density at radius 3 is 2.93 bits per heavy atom. The number of anilines is 1. The molecule has 1 rings (SSSR count). The van der Waals surface area contributed by atoms with E-state index < -0.39 is 0 Å². The summed E-state index contributed by atoms with van der Waals surface area (Å²) in [7, 11) is 0. The number of ether oxygens (including phenoxy) is 1. The van der Waals surface area contributed by atoms with E-state index in [1.165, 1.54) is 5.49 Å². The highest BCUT2D eigenvalue weighted by molar-refractivity contribution is 7.79. The van der Waals surface area contributed by atoms with Crippen molar-refractivity contribution in [3.05, 3.63) is 29.8 Å². The lowest BCUT2D eigenvalue weighted by atomic mass is 10.2. The van der Waals surface area contributed by atoms with Gasteiger partial charge in [-0.25, -0.2) is 4.79 Å². The van der Waals surface area contributed by atoms with Crippen LogP contribution in [0.5, 0.6) is 0 Å². The maximum atomic E-state index is 11.4. The summed E-state index contributed by atoms with van der Waals surface area (Å²) in [6.45, 7) is 2.14. The maximum Gasteiger partial charge on any atom is 0.340 e. The molecule has 0 radical (unpaired) electrons. The number of nitrogens with one attached hydrogen (secondary N) is 1. The number of carbonyl (C=O) groups is 1. The third-order valence-corrected chi connectivity index (χ3v) is 1.75. The molecule has 0 saturated heterocycles. The van der Waals surface area contributed by atoms with E-state index in [4.69, 9.17) is 4.74 Å². The number of rotatable bonds is 4. The molecular formula is C10H11NO2S. The van der Waals surface area contributed by atoms with Crippen LogP contribution in [0.2, 0.25) is 0 Å². The molecule has 1 aromatic carbocycles. The molecule has 1 aromatic rings. The predicted molar refractivity (Wildman–Crippen MR) is 59.7 cm³/mol. The molecule has 0 bridgehead atoms. The molecule has 0 aliphatic heterocycles. The minimum absolute atomic E-state index is 0.340. The lowest BCUT2D eigenvalue weighted by Gasteiger charge is -2.07. The van der Waals surface area contributed by atoms with Gasteiger partial charge in [-0.1, -0.05) is 24.4 Å². The highest BCUT2D eigenvalue weighted by Gasteiger charge is 2.10. The fourth-order valence-electron chi connectivity index (χ4n) is 1.06. The first-order valence-corrected chi connectivity index (χ1v) is 4.73. The molecule has 0 unspecified atom stereocenters. The molecule has 0 heterocycles. The molecule has 0 atom stereocenters. The van der Waals surface area contributed by atoms with Gasteiger partial charge in [0.2, 0.25) is 0 Å². The van der Waals surface area contributed by atoms with Crippen molar-refractivity contribution in [3.63, 3.8) is 0 Å². The smallest absolute Gasteiger partial charge is 0.340 e. The van der Waals surface area contributed by atoms with Crippen LogP contribution >= 0.6 is 12.2 Å². The number of hydrogen-bond acceptors (Lipinski definition) is 3. The van der Waals surface area contributed by atoms with Crippen LogP contribution in [0.1, 0.15) is 17.3 Å². The summed E-state index contributed by atoms with van der Waals surface area (Å²) in [6, 6.07) is 7.07. The minimum Gasteiger partial charge on any atom is -0.462 e. The lowest BCUT2D eigenvalue weighted by Crippen LogP contribution is -2.08. The van der Waals surface area contributed by atoms with E-state index in [1.54, 1.807) is 25.1 Å². The molecule has 0 aromatic heterocycles. The largest absolute Gasteiger partial charge is 0.462 e. The Labute approximate surface area is 88.1 Å². The Kier molecular flexibility index (Phi) is 4.07. The van der Waals surface area contributed by atoms with E-state index in [0.717, 1.165) is 0 Å². The standard InChI is InChI=1S/C10H11NO2S/c1-2-13-10(12)8-5-3-4-6-9(8)11-7-14/h3-7H,2H2,1H3,(H,11,14). The normalized spacial score (nSPS) is 9.21. The molecule has 1 N–H and O–H groups in total. The molecule has 4 heteroatoms. The van der Waals surface area contributed by atoms with E-state index in [1.807, 2.05) is 6.07 Å². The van der Waals surface area contributed by atoms with Crippen LogP contribution < -0.4 is 5.32 Å². The number of esters is 1. The summed E-state index contributed by atoms with van der Waals surface area (Å²) in [5.74, 6) is -0.340. The monoisotopic (exact) mass is 209 g/mol. The summed E-state index contributed by atoms with van der Waals surface area (Å²) >= 11 is 4.66. The van der Waals surface area contributed by atoms with E-state index in [0.29, 0.717) is 17.9 Å². The summed E-state index contributed by atoms with van der Waals surface area (Å²) in [5, 5.41) is 2.80. The van der Waals surface area contributed by atoms with Crippen molar-refractivity contribution in [1.82, 2.24) is 0 Å². The maximum absolute atomic E-state index is 11.4. The van der Waals surface area contributed by atoms with Crippen LogP contribution in [0.4, 0.5) is 5.69 Å². The van der Waals surface area contributed by atoms with Crippen molar-refractivity contribution in [2.45, 2.75) is 6.92 Å². The highest BCUT2D eigenvalue weighted by Crippen LogP contribution is 2.15. The summed E-state index contributed by atoms with van der Waals surface area (Å²) < 4.78 is 4.89. The van der Waals surface area contributed by atoms with Crippen LogP contribution in [0, 0.1) is 0 Å². The Bertz CT molecular complexity index is 339. The van der Waals surface area contributed by atoms with Gasteiger partial charge in [-0.3, -0.25) is 0 Å². The van der Waals surface area contributed by atoms with Crippen LogP contribution in [0.15, 0.2) is 24.3 Å². The fraction of sp³-hybridized carbons (Fsp3) is 0.200. The van der Waals surface area contributed by atoms with Gasteiger partial charge in [0, 0.05) is 0 Å². The van der Waals surface area contributed by atoms with Gasteiger partial charge in [-0.2, -0.15) is 0 Å². The van der Waals surface area contributed by atoms with Crippen LogP contribution in [0.3, 0.4) is 0 Å². The zero-order chi connectivity index (χ0) is 10.4. The molecule has 0 spiro atoms. The van der Waals surface area contributed by atoms with Crippen molar-refractivity contribution in [1.29, 1.82) is 0 Å². The Balaban J connectivity index is 2.93. The van der Waals surface area contributed by atoms with Crippen molar-refractivity contribution in [2.24, 2.45) is 0 Å². The summed E-state index contributed by atoms with van der Waals surface area (Å²) in [4.78, 5) is 11.4. The first-order chi connectivity index (χ1) is 6.79. The van der Waals surface area contributed by atoms with Crippen molar-refractivity contribution < 1.29 is 9.53 Å². The third kappa shape index (κ3) is 2.53. The number of carbonyl (C=O) groups excluding carboxylic acids is 1. The number of hydrogen-bond donors (Lipinski definition) is 1. The molecule has 0 aliphatic rings. The second-order valence-corrected chi connectivity index (χ2v) is 2.76. The Morgan fingerprint density at radius 1 is 1.57 bits per heavy atom. The third-order valence-electron chi connectivity index (χ3n) is 1.64. The molecule has 0 fully saturated rings. The number of benzene rings is 1. The molecule has 74 valence electrons. The zero-order valence-electron chi connectivity index (χ0n) is 7.82. The van der Waals surface area contributed by atoms with Crippen LogP contribution in [-0.2, 0) is 4.74 Å². The quantitative estimate of drug-likeness (QED) is 0.609. The van der Waals surface area contributed by atoms with Gasteiger partial charge in [-0.05, 0) is 19.1 Å². The lowest BCUT2D eigenvalue weighted by molar-refractivity contribution is 0.0527. The van der Waals surface area contributed by atoms with Crippen LogP contribution in [0.25, 0.3) is 0 Å². The number of para-hydroxylation sites is 1. The first-order valence-electron chi connectivity index (χ1n) is 4.26. The fourth-order valence-corrected chi connectivity index (χ4v) is 1.19. The van der Waals surface area contributed by atoms with Gasteiger partial charge in [-0.15, -0.1) is 0 Å². The second kappa shape index (κ2) is 5.34. The average molecular weight is 209 g/mol. The van der Waals surface area contributed by atoms with Gasteiger partial charge in [0.05, 0.1) is 23.3 Å². The van der Waals surface area contributed by atoms with Gasteiger partial charge >= 0.3 is 5.97 Å². The number of thiocarbonyl (C=S) groups is 1.